The standard InChI is InChI=1S/C11H13NO3S/c1-9(16(2,14)15)8-11(13)12-10-6-4-3-5-7-10/h3-8H,1-2H3,(H,12,13)/b9-8+. The number of nitrogens with one attached hydrogen (secondary N) is 1. The molecule has 0 spiro atoms. The van der Waals surface area contributed by atoms with Crippen molar-refractivity contribution in [3.8, 4) is 0 Å². The van der Waals surface area contributed by atoms with E-state index in [1.165, 1.54) is 6.92 Å². The number of carbonyl (C=O) groups excluding carboxylic acids is 1. The molecule has 1 rings (SSSR count). The molecule has 0 bridgehead atoms. The van der Waals surface area contributed by atoms with Crippen LogP contribution in [0.1, 0.15) is 6.92 Å². The maximum Gasteiger partial charge on any atom is 0.249 e. The quantitative estimate of drug-likeness (QED) is 0.814. The van der Waals surface area contributed by atoms with Crippen LogP contribution in [0.5, 0.6) is 0 Å². The Morgan fingerprint density at radius 1 is 1.25 bits per heavy atom. The lowest BCUT2D eigenvalue weighted by Gasteiger charge is -2.02. The molecule has 0 aliphatic heterocycles. The van der Waals surface area contributed by atoms with Crippen molar-refractivity contribution in [2.24, 2.45) is 0 Å². The lowest BCUT2D eigenvalue weighted by atomic mass is 10.3. The maximum absolute atomic E-state index is 11.4. The van der Waals surface area contributed by atoms with Crippen LogP contribution in [0, 0.1) is 0 Å². The number of amides is 1. The summed E-state index contributed by atoms with van der Waals surface area (Å²) in [6.07, 6.45) is 2.14. The summed E-state index contributed by atoms with van der Waals surface area (Å²) in [5, 5.41) is 2.57. The third kappa shape index (κ3) is 3.86. The molecule has 1 amide bonds. The normalized spacial score (nSPS) is 12.2. The summed E-state index contributed by atoms with van der Waals surface area (Å²) in [6, 6.07) is 8.84. The molecule has 0 atom stereocenters. The second-order valence-corrected chi connectivity index (χ2v) is 5.57. The molecule has 4 nitrogen and oxygen atoms in total. The van der Waals surface area contributed by atoms with Gasteiger partial charge in [-0.05, 0) is 19.1 Å². The fraction of sp³-hybridized carbons (Fsp3) is 0.182. The van der Waals surface area contributed by atoms with Gasteiger partial charge in [-0.3, -0.25) is 4.79 Å². The molecule has 5 heteroatoms. The van der Waals surface area contributed by atoms with Crippen LogP contribution in [0.15, 0.2) is 41.3 Å². The summed E-state index contributed by atoms with van der Waals surface area (Å²) in [5.41, 5.74) is 0.630. The average Bonchev–Trinajstić information content (AvgIpc) is 2.17. The van der Waals surface area contributed by atoms with Gasteiger partial charge in [0.1, 0.15) is 0 Å². The van der Waals surface area contributed by atoms with E-state index in [4.69, 9.17) is 0 Å². The molecule has 0 aliphatic carbocycles. The fourth-order valence-corrected chi connectivity index (χ4v) is 1.31. The first-order chi connectivity index (χ1) is 7.39. The number of benzene rings is 1. The van der Waals surface area contributed by atoms with Crippen LogP contribution < -0.4 is 5.32 Å². The number of hydrogen-bond donors (Lipinski definition) is 1. The maximum atomic E-state index is 11.4. The van der Waals surface area contributed by atoms with Gasteiger partial charge in [0.25, 0.3) is 0 Å². The molecule has 0 radical (unpaired) electrons. The van der Waals surface area contributed by atoms with Crippen LogP contribution >= 0.6 is 0 Å². The van der Waals surface area contributed by atoms with E-state index < -0.39 is 15.7 Å². The summed E-state index contributed by atoms with van der Waals surface area (Å²) in [7, 11) is -3.29. The Kier molecular flexibility index (Phi) is 3.84. The van der Waals surface area contributed by atoms with Gasteiger partial charge >= 0.3 is 0 Å². The van der Waals surface area contributed by atoms with Crippen molar-refractivity contribution in [2.45, 2.75) is 6.92 Å². The van der Waals surface area contributed by atoms with Crippen LogP contribution in [0.2, 0.25) is 0 Å². The van der Waals surface area contributed by atoms with Crippen molar-refractivity contribution in [3.05, 3.63) is 41.3 Å². The Balaban J connectivity index is 2.76. The fourth-order valence-electron chi connectivity index (χ4n) is 0.991. The third-order valence-electron chi connectivity index (χ3n) is 1.96. The Morgan fingerprint density at radius 3 is 2.31 bits per heavy atom. The van der Waals surface area contributed by atoms with Gasteiger partial charge in [0.15, 0.2) is 9.84 Å². The van der Waals surface area contributed by atoms with Crippen LogP contribution in [-0.2, 0) is 14.6 Å². The first kappa shape index (κ1) is 12.4. The summed E-state index contributed by atoms with van der Waals surface area (Å²) in [4.78, 5) is 11.5. The summed E-state index contributed by atoms with van der Waals surface area (Å²) >= 11 is 0. The van der Waals surface area contributed by atoms with Crippen LogP contribution in [-0.4, -0.2) is 20.6 Å². The molecule has 0 aliphatic rings. The van der Waals surface area contributed by atoms with E-state index in [0.717, 1.165) is 12.3 Å². The molecular weight excluding hydrogens is 226 g/mol. The SMILES string of the molecule is C/C(=C\C(=O)Nc1ccccc1)S(C)(=O)=O. The van der Waals surface area contributed by atoms with Gasteiger partial charge < -0.3 is 5.32 Å². The first-order valence-electron chi connectivity index (χ1n) is 4.64. The molecule has 1 N–H and O–H groups in total. The topological polar surface area (TPSA) is 63.2 Å². The smallest absolute Gasteiger partial charge is 0.249 e. The van der Waals surface area contributed by atoms with E-state index in [-0.39, 0.29) is 4.91 Å². The highest BCUT2D eigenvalue weighted by molar-refractivity contribution is 7.94. The van der Waals surface area contributed by atoms with Crippen molar-refractivity contribution in [1.29, 1.82) is 0 Å². The first-order valence-corrected chi connectivity index (χ1v) is 6.53. The minimum Gasteiger partial charge on any atom is -0.322 e. The molecule has 16 heavy (non-hydrogen) atoms. The van der Waals surface area contributed by atoms with E-state index >= 15 is 0 Å². The lowest BCUT2D eigenvalue weighted by Crippen LogP contribution is -2.10. The number of carbonyl (C=O) groups is 1. The van der Waals surface area contributed by atoms with Crippen molar-refractivity contribution in [1.82, 2.24) is 0 Å². The van der Waals surface area contributed by atoms with Gasteiger partial charge in [0.2, 0.25) is 5.91 Å². The van der Waals surface area contributed by atoms with Crippen molar-refractivity contribution >= 4 is 21.4 Å². The summed E-state index contributed by atoms with van der Waals surface area (Å²) < 4.78 is 22.1. The highest BCUT2D eigenvalue weighted by atomic mass is 32.2. The molecule has 0 aromatic heterocycles. The van der Waals surface area contributed by atoms with Gasteiger partial charge in [-0.25, -0.2) is 8.42 Å². The van der Waals surface area contributed by atoms with E-state index in [9.17, 15) is 13.2 Å². The van der Waals surface area contributed by atoms with E-state index in [2.05, 4.69) is 5.32 Å². The van der Waals surface area contributed by atoms with Crippen LogP contribution in [0.3, 0.4) is 0 Å². The van der Waals surface area contributed by atoms with Crippen molar-refractivity contribution in [3.63, 3.8) is 0 Å². The second-order valence-electron chi connectivity index (χ2n) is 3.38. The molecule has 0 fully saturated rings. The Labute approximate surface area is 94.9 Å². The van der Waals surface area contributed by atoms with Gasteiger partial charge in [-0.15, -0.1) is 0 Å². The lowest BCUT2D eigenvalue weighted by molar-refractivity contribution is -0.111. The van der Waals surface area contributed by atoms with Gasteiger partial charge in [0, 0.05) is 22.9 Å². The summed E-state index contributed by atoms with van der Waals surface area (Å²) in [6.45, 7) is 1.39. The number of hydrogen-bond acceptors (Lipinski definition) is 3. The number of para-hydroxylation sites is 1. The molecule has 0 heterocycles. The molecule has 0 saturated carbocycles. The Hall–Kier alpha value is -1.62. The molecule has 0 unspecified atom stereocenters. The molecular formula is C11H13NO3S. The highest BCUT2D eigenvalue weighted by Gasteiger charge is 2.07. The summed E-state index contributed by atoms with van der Waals surface area (Å²) in [5.74, 6) is -0.450. The molecule has 1 aromatic rings. The van der Waals surface area contributed by atoms with Crippen molar-refractivity contribution in [2.75, 3.05) is 11.6 Å². The van der Waals surface area contributed by atoms with E-state index in [1.807, 2.05) is 6.07 Å². The number of anilines is 1. The predicted molar refractivity (Wildman–Crippen MR) is 63.7 cm³/mol. The molecule has 1 aromatic carbocycles. The van der Waals surface area contributed by atoms with Gasteiger partial charge in [-0.1, -0.05) is 18.2 Å². The largest absolute Gasteiger partial charge is 0.322 e. The molecule has 86 valence electrons. The Bertz CT molecular complexity index is 503. The number of rotatable bonds is 3. The molecule has 0 saturated heterocycles. The zero-order valence-electron chi connectivity index (χ0n) is 9.10. The van der Waals surface area contributed by atoms with E-state index in [0.29, 0.717) is 5.69 Å². The minimum atomic E-state index is -3.29. The van der Waals surface area contributed by atoms with Gasteiger partial charge in [-0.2, -0.15) is 0 Å². The zero-order chi connectivity index (χ0) is 12.2. The predicted octanol–water partition coefficient (Wildman–Crippen LogP) is 1.57. The minimum absolute atomic E-state index is 0.0425. The van der Waals surface area contributed by atoms with Crippen molar-refractivity contribution < 1.29 is 13.2 Å². The van der Waals surface area contributed by atoms with Crippen LogP contribution in [0.4, 0.5) is 5.69 Å². The monoisotopic (exact) mass is 239 g/mol. The highest BCUT2D eigenvalue weighted by Crippen LogP contribution is 2.07. The third-order valence-corrected chi connectivity index (χ3v) is 3.25. The van der Waals surface area contributed by atoms with Crippen LogP contribution in [0.25, 0.3) is 0 Å². The Morgan fingerprint density at radius 2 is 1.81 bits per heavy atom. The average molecular weight is 239 g/mol. The van der Waals surface area contributed by atoms with E-state index in [1.54, 1.807) is 24.3 Å². The zero-order valence-corrected chi connectivity index (χ0v) is 9.91. The number of allylic oxidation sites excluding steroid dienone is 1. The number of sulfone groups is 1. The van der Waals surface area contributed by atoms with Gasteiger partial charge in [0.05, 0.1) is 0 Å². The second kappa shape index (κ2) is 4.94.